The van der Waals surface area contributed by atoms with Crippen LogP contribution < -0.4 is 0 Å². The fraction of sp³-hybridized carbons (Fsp3) is 0.941. The van der Waals surface area contributed by atoms with Gasteiger partial charge in [-0.1, -0.05) is 246 Å². The van der Waals surface area contributed by atoms with Crippen molar-refractivity contribution in [2.24, 2.45) is 5.92 Å². The highest BCUT2D eigenvalue weighted by atomic mass is 16.6. The zero-order valence-corrected chi connectivity index (χ0v) is 38.8. The summed E-state index contributed by atoms with van der Waals surface area (Å²) in [6.45, 7) is 8.94. The second kappa shape index (κ2) is 45.5. The van der Waals surface area contributed by atoms with Crippen molar-refractivity contribution in [2.75, 3.05) is 13.2 Å². The molecule has 0 aliphatic rings. The molecular weight excluding hydrogens is 709 g/mol. The van der Waals surface area contributed by atoms with Crippen LogP contribution in [0.1, 0.15) is 285 Å². The molecule has 0 aromatic heterocycles. The average Bonchev–Trinajstić information content (AvgIpc) is 3.19. The van der Waals surface area contributed by atoms with E-state index in [1.165, 1.54) is 173 Å². The van der Waals surface area contributed by atoms with E-state index in [0.29, 0.717) is 19.3 Å². The Labute approximate surface area is 355 Å². The molecule has 0 radical (unpaired) electrons. The summed E-state index contributed by atoms with van der Waals surface area (Å²) < 4.78 is 16.7. The Kier molecular flexibility index (Phi) is 44.2. The van der Waals surface area contributed by atoms with Crippen LogP contribution in [0.15, 0.2) is 0 Å². The molecule has 57 heavy (non-hydrogen) atoms. The normalized spacial score (nSPS) is 11.9. The summed E-state index contributed by atoms with van der Waals surface area (Å²) in [5.74, 6) is -0.0283. The topological polar surface area (TPSA) is 78.9 Å². The van der Waals surface area contributed by atoms with Gasteiger partial charge in [0.05, 0.1) is 0 Å². The predicted octanol–water partition coefficient (Wildman–Crippen LogP) is 16.3. The zero-order chi connectivity index (χ0) is 41.7. The fourth-order valence-electron chi connectivity index (χ4n) is 7.69. The minimum absolute atomic E-state index is 0.0645. The number of carbonyl (C=O) groups excluding carboxylic acids is 3. The predicted molar refractivity (Wildman–Crippen MR) is 243 cm³/mol. The van der Waals surface area contributed by atoms with E-state index in [2.05, 4.69) is 27.7 Å². The standard InChI is InChI=1S/C51H98O6/c1-5-7-9-11-12-13-14-15-16-17-18-19-20-21-25-28-31-35-38-42-49(52)55-45-48(57-51(54)44-40-33-10-8-6-2)46-56-50(53)43-39-36-32-29-26-23-22-24-27-30-34-37-41-47(3)4/h47-48H,5-46H2,1-4H3/t48-/m0/s1. The van der Waals surface area contributed by atoms with Gasteiger partial charge in [0.15, 0.2) is 6.10 Å². The smallest absolute Gasteiger partial charge is 0.306 e. The van der Waals surface area contributed by atoms with Crippen molar-refractivity contribution in [3.8, 4) is 0 Å². The third-order valence-electron chi connectivity index (χ3n) is 11.5. The molecule has 6 nitrogen and oxygen atoms in total. The molecular formula is C51H98O6. The van der Waals surface area contributed by atoms with Crippen LogP contribution in [0.5, 0.6) is 0 Å². The molecule has 6 heteroatoms. The molecule has 0 aromatic rings. The third-order valence-corrected chi connectivity index (χ3v) is 11.5. The molecule has 0 spiro atoms. The van der Waals surface area contributed by atoms with E-state index in [0.717, 1.165) is 70.1 Å². The highest BCUT2D eigenvalue weighted by Crippen LogP contribution is 2.17. The van der Waals surface area contributed by atoms with Gasteiger partial charge in [0.2, 0.25) is 0 Å². The molecule has 0 bridgehead atoms. The molecule has 0 N–H and O–H groups in total. The summed E-state index contributed by atoms with van der Waals surface area (Å²) in [6.07, 6.45) is 47.0. The number of ether oxygens (including phenoxy) is 3. The Hall–Kier alpha value is -1.59. The molecule has 0 aliphatic heterocycles. The molecule has 1 atom stereocenters. The summed E-state index contributed by atoms with van der Waals surface area (Å²) >= 11 is 0. The lowest BCUT2D eigenvalue weighted by Gasteiger charge is -2.18. The van der Waals surface area contributed by atoms with Crippen LogP contribution >= 0.6 is 0 Å². The van der Waals surface area contributed by atoms with Crippen molar-refractivity contribution >= 4 is 17.9 Å². The van der Waals surface area contributed by atoms with Crippen LogP contribution in [0, 0.1) is 5.92 Å². The van der Waals surface area contributed by atoms with Crippen LogP contribution in [0.4, 0.5) is 0 Å². The Morgan fingerprint density at radius 1 is 0.333 bits per heavy atom. The first-order chi connectivity index (χ1) is 27.9. The molecule has 0 aliphatic carbocycles. The molecule has 0 rings (SSSR count). The minimum atomic E-state index is -0.758. The summed E-state index contributed by atoms with van der Waals surface area (Å²) in [6, 6.07) is 0. The summed E-state index contributed by atoms with van der Waals surface area (Å²) in [7, 11) is 0. The molecule has 0 saturated carbocycles. The van der Waals surface area contributed by atoms with Crippen LogP contribution in [-0.4, -0.2) is 37.2 Å². The highest BCUT2D eigenvalue weighted by molar-refractivity contribution is 5.71. The van der Waals surface area contributed by atoms with E-state index >= 15 is 0 Å². The monoisotopic (exact) mass is 807 g/mol. The molecule has 0 unspecified atom stereocenters. The fourth-order valence-corrected chi connectivity index (χ4v) is 7.69. The number of hydrogen-bond donors (Lipinski definition) is 0. The summed E-state index contributed by atoms with van der Waals surface area (Å²) in [5, 5.41) is 0. The van der Waals surface area contributed by atoms with Gasteiger partial charge in [0.25, 0.3) is 0 Å². The molecule has 0 aromatic carbocycles. The van der Waals surface area contributed by atoms with E-state index in [-0.39, 0.29) is 31.1 Å². The Bertz CT molecular complexity index is 857. The summed E-state index contributed by atoms with van der Waals surface area (Å²) in [5.41, 5.74) is 0. The van der Waals surface area contributed by atoms with Crippen molar-refractivity contribution in [1.29, 1.82) is 0 Å². The van der Waals surface area contributed by atoms with Gasteiger partial charge in [-0.3, -0.25) is 14.4 Å². The number of carbonyl (C=O) groups is 3. The van der Waals surface area contributed by atoms with Crippen LogP contribution in [0.25, 0.3) is 0 Å². The van der Waals surface area contributed by atoms with Gasteiger partial charge in [-0.15, -0.1) is 0 Å². The van der Waals surface area contributed by atoms with Gasteiger partial charge in [-0.25, -0.2) is 0 Å². The van der Waals surface area contributed by atoms with Gasteiger partial charge < -0.3 is 14.2 Å². The maximum absolute atomic E-state index is 12.6. The lowest BCUT2D eigenvalue weighted by atomic mass is 10.0. The quantitative estimate of drug-likeness (QED) is 0.0346. The van der Waals surface area contributed by atoms with E-state index in [9.17, 15) is 14.4 Å². The van der Waals surface area contributed by atoms with Crippen molar-refractivity contribution in [1.82, 2.24) is 0 Å². The first kappa shape index (κ1) is 55.4. The Morgan fingerprint density at radius 2 is 0.579 bits per heavy atom. The van der Waals surface area contributed by atoms with Gasteiger partial charge in [-0.05, 0) is 25.2 Å². The maximum atomic E-state index is 12.6. The largest absolute Gasteiger partial charge is 0.462 e. The summed E-state index contributed by atoms with van der Waals surface area (Å²) in [4.78, 5) is 37.6. The van der Waals surface area contributed by atoms with E-state index in [4.69, 9.17) is 14.2 Å². The lowest BCUT2D eigenvalue weighted by molar-refractivity contribution is -0.167. The maximum Gasteiger partial charge on any atom is 0.306 e. The van der Waals surface area contributed by atoms with Gasteiger partial charge >= 0.3 is 17.9 Å². The second-order valence-corrected chi connectivity index (χ2v) is 17.9. The first-order valence-corrected chi connectivity index (χ1v) is 25.4. The number of hydrogen-bond acceptors (Lipinski definition) is 6. The minimum Gasteiger partial charge on any atom is -0.462 e. The van der Waals surface area contributed by atoms with Crippen molar-refractivity contribution in [3.63, 3.8) is 0 Å². The molecule has 0 saturated heterocycles. The molecule has 338 valence electrons. The highest BCUT2D eigenvalue weighted by Gasteiger charge is 2.19. The third kappa shape index (κ3) is 45.3. The van der Waals surface area contributed by atoms with Crippen molar-refractivity contribution in [3.05, 3.63) is 0 Å². The first-order valence-electron chi connectivity index (χ1n) is 25.4. The Morgan fingerprint density at radius 3 is 0.860 bits per heavy atom. The Balaban J connectivity index is 4.05. The van der Waals surface area contributed by atoms with Gasteiger partial charge in [0, 0.05) is 19.3 Å². The lowest BCUT2D eigenvalue weighted by Crippen LogP contribution is -2.30. The van der Waals surface area contributed by atoms with Crippen LogP contribution in [0.2, 0.25) is 0 Å². The zero-order valence-electron chi connectivity index (χ0n) is 38.8. The van der Waals surface area contributed by atoms with Crippen LogP contribution in [0.3, 0.4) is 0 Å². The number of unbranched alkanes of at least 4 members (excludes halogenated alkanes) is 33. The van der Waals surface area contributed by atoms with Crippen LogP contribution in [-0.2, 0) is 28.6 Å². The van der Waals surface area contributed by atoms with Crippen molar-refractivity contribution in [2.45, 2.75) is 291 Å². The average molecular weight is 807 g/mol. The second-order valence-electron chi connectivity index (χ2n) is 17.9. The van der Waals surface area contributed by atoms with Gasteiger partial charge in [-0.2, -0.15) is 0 Å². The number of rotatable bonds is 46. The van der Waals surface area contributed by atoms with E-state index < -0.39 is 6.10 Å². The molecule has 0 fully saturated rings. The molecule has 0 heterocycles. The van der Waals surface area contributed by atoms with E-state index in [1.807, 2.05) is 0 Å². The SMILES string of the molecule is CCCCCCCCCCCCCCCCCCCCCC(=O)OC[C@@H](COC(=O)CCCCCCCCCCCCCCC(C)C)OC(=O)CCCCCCC. The van der Waals surface area contributed by atoms with Crippen molar-refractivity contribution < 1.29 is 28.6 Å². The van der Waals surface area contributed by atoms with Gasteiger partial charge in [0.1, 0.15) is 13.2 Å². The number of esters is 3. The molecule has 0 amide bonds. The van der Waals surface area contributed by atoms with E-state index in [1.54, 1.807) is 0 Å².